The molecule has 2 aromatic heterocycles. The van der Waals surface area contributed by atoms with Gasteiger partial charge in [0.25, 0.3) is 5.56 Å². The van der Waals surface area contributed by atoms with Crippen molar-refractivity contribution in [3.05, 3.63) is 40.1 Å². The highest BCUT2D eigenvalue weighted by Gasteiger charge is 2.45. The Labute approximate surface area is 168 Å². The highest BCUT2D eigenvalue weighted by atomic mass is 16.5. The number of H-pyrrole nitrogens is 1. The number of carbonyl (C=O) groups excluding carboxylic acids is 1. The first-order valence-electron chi connectivity index (χ1n) is 10.4. The summed E-state index contributed by atoms with van der Waals surface area (Å²) in [7, 11) is 0. The Bertz CT molecular complexity index is 950. The van der Waals surface area contributed by atoms with Gasteiger partial charge in [-0.3, -0.25) is 19.3 Å². The summed E-state index contributed by atoms with van der Waals surface area (Å²) in [6, 6.07) is 1.82. The van der Waals surface area contributed by atoms with Crippen molar-refractivity contribution >= 4 is 11.9 Å². The molecule has 0 bridgehead atoms. The van der Waals surface area contributed by atoms with E-state index in [0.717, 1.165) is 56.6 Å². The monoisotopic (exact) mass is 398 g/mol. The first-order chi connectivity index (χ1) is 14.1. The molecule has 2 aromatic rings. The van der Waals surface area contributed by atoms with Crippen molar-refractivity contribution in [2.24, 2.45) is 0 Å². The molecule has 2 saturated heterocycles. The van der Waals surface area contributed by atoms with E-state index in [0.29, 0.717) is 25.7 Å². The van der Waals surface area contributed by atoms with Crippen molar-refractivity contribution in [3.63, 3.8) is 0 Å². The fraction of sp³-hybridized carbons (Fsp3) is 0.600. The largest absolute Gasteiger partial charge is 0.378 e. The van der Waals surface area contributed by atoms with Crippen LogP contribution in [0, 0.1) is 0 Å². The second-order valence-electron chi connectivity index (χ2n) is 8.22. The average molecular weight is 398 g/mol. The summed E-state index contributed by atoms with van der Waals surface area (Å²) >= 11 is 0. The third-order valence-corrected chi connectivity index (χ3v) is 6.46. The molecular formula is C20H26N6O3. The number of piperidine rings is 1. The van der Waals surface area contributed by atoms with Gasteiger partial charge in [-0.2, -0.15) is 5.10 Å². The molecule has 154 valence electrons. The molecule has 1 aliphatic carbocycles. The van der Waals surface area contributed by atoms with Crippen molar-refractivity contribution in [1.82, 2.24) is 24.6 Å². The summed E-state index contributed by atoms with van der Waals surface area (Å²) in [6.45, 7) is 4.35. The molecular weight excluding hydrogens is 372 g/mol. The molecule has 1 atom stereocenters. The quantitative estimate of drug-likeness (QED) is 0.799. The lowest BCUT2D eigenvalue weighted by molar-refractivity contribution is -0.134. The molecule has 1 N–H and O–H groups in total. The maximum Gasteiger partial charge on any atom is 0.255 e. The van der Waals surface area contributed by atoms with Gasteiger partial charge in [0.15, 0.2) is 0 Å². The fourth-order valence-electron chi connectivity index (χ4n) is 4.94. The van der Waals surface area contributed by atoms with Crippen LogP contribution in [0.15, 0.2) is 23.3 Å². The Morgan fingerprint density at radius 3 is 2.90 bits per heavy atom. The first-order valence-corrected chi connectivity index (χ1v) is 10.4. The number of morpholine rings is 1. The summed E-state index contributed by atoms with van der Waals surface area (Å²) in [4.78, 5) is 37.6. The molecule has 5 rings (SSSR count). The number of fused-ring (bicyclic) bond motifs is 2. The highest BCUT2D eigenvalue weighted by Crippen LogP contribution is 2.43. The van der Waals surface area contributed by atoms with Gasteiger partial charge in [-0.25, -0.2) is 4.98 Å². The lowest BCUT2D eigenvalue weighted by Crippen LogP contribution is -2.49. The van der Waals surface area contributed by atoms with E-state index in [1.165, 1.54) is 0 Å². The number of amides is 1. The number of ether oxygens (including phenoxy) is 1. The zero-order chi connectivity index (χ0) is 19.8. The first kappa shape index (κ1) is 18.4. The molecule has 29 heavy (non-hydrogen) atoms. The van der Waals surface area contributed by atoms with E-state index in [9.17, 15) is 9.59 Å². The van der Waals surface area contributed by atoms with Gasteiger partial charge in [-0.1, -0.05) is 0 Å². The van der Waals surface area contributed by atoms with E-state index in [1.54, 1.807) is 17.1 Å². The second kappa shape index (κ2) is 7.29. The van der Waals surface area contributed by atoms with Gasteiger partial charge in [0.2, 0.25) is 11.9 Å². The Balaban J connectivity index is 1.42. The van der Waals surface area contributed by atoms with Gasteiger partial charge < -0.3 is 14.5 Å². The zero-order valence-electron chi connectivity index (χ0n) is 16.5. The Kier molecular flexibility index (Phi) is 4.61. The normalized spacial score (nSPS) is 24.1. The minimum atomic E-state index is -0.220. The molecule has 0 saturated carbocycles. The number of aromatic nitrogens is 4. The van der Waals surface area contributed by atoms with E-state index >= 15 is 0 Å². The summed E-state index contributed by atoms with van der Waals surface area (Å²) < 4.78 is 7.08. The summed E-state index contributed by atoms with van der Waals surface area (Å²) in [6.07, 6.45) is 6.97. The molecule has 9 heteroatoms. The van der Waals surface area contributed by atoms with Gasteiger partial charge in [0, 0.05) is 49.6 Å². The number of nitrogens with one attached hydrogen (secondary N) is 1. The minimum absolute atomic E-state index is 0.0339. The topological polar surface area (TPSA) is 96.3 Å². The molecule has 0 radical (unpaired) electrons. The number of aromatic amines is 1. The SMILES string of the molecule is O=C(Cn1cccn1)N1CCCC2(CCc3c2nc(N2CCOCC2)[nH]c3=O)C1. The van der Waals surface area contributed by atoms with E-state index in [-0.39, 0.29) is 23.4 Å². The lowest BCUT2D eigenvalue weighted by atomic mass is 9.77. The number of rotatable bonds is 3. The van der Waals surface area contributed by atoms with Crippen molar-refractivity contribution in [2.75, 3.05) is 44.3 Å². The van der Waals surface area contributed by atoms with Gasteiger partial charge in [-0.05, 0) is 31.7 Å². The molecule has 1 spiro atoms. The predicted octanol–water partition coefficient (Wildman–Crippen LogP) is 0.310. The van der Waals surface area contributed by atoms with Crippen LogP contribution in [-0.2, 0) is 27.9 Å². The van der Waals surface area contributed by atoms with Crippen LogP contribution in [0.3, 0.4) is 0 Å². The van der Waals surface area contributed by atoms with Crippen molar-refractivity contribution < 1.29 is 9.53 Å². The minimum Gasteiger partial charge on any atom is -0.378 e. The molecule has 3 aliphatic rings. The van der Waals surface area contributed by atoms with Crippen LogP contribution in [0.5, 0.6) is 0 Å². The highest BCUT2D eigenvalue weighted by molar-refractivity contribution is 5.76. The summed E-state index contributed by atoms with van der Waals surface area (Å²) in [5, 5.41) is 4.15. The number of likely N-dealkylation sites (tertiary alicyclic amines) is 1. The van der Waals surface area contributed by atoms with Crippen molar-refractivity contribution in [2.45, 2.75) is 37.6 Å². The van der Waals surface area contributed by atoms with E-state index in [1.807, 2.05) is 11.0 Å². The Morgan fingerprint density at radius 1 is 1.24 bits per heavy atom. The number of anilines is 1. The smallest absolute Gasteiger partial charge is 0.255 e. The van der Waals surface area contributed by atoms with E-state index in [2.05, 4.69) is 15.0 Å². The molecule has 1 amide bonds. The molecule has 4 heterocycles. The van der Waals surface area contributed by atoms with Gasteiger partial charge in [0.05, 0.1) is 18.9 Å². The van der Waals surface area contributed by atoms with Crippen LogP contribution in [-0.4, -0.2) is 69.9 Å². The van der Waals surface area contributed by atoms with Gasteiger partial charge in [0.1, 0.15) is 6.54 Å². The maximum atomic E-state index is 12.9. The molecule has 2 aliphatic heterocycles. The van der Waals surface area contributed by atoms with E-state index < -0.39 is 0 Å². The van der Waals surface area contributed by atoms with Crippen LogP contribution in [0.25, 0.3) is 0 Å². The number of nitrogens with zero attached hydrogens (tertiary/aromatic N) is 5. The molecule has 2 fully saturated rings. The Hall–Kier alpha value is -2.68. The average Bonchev–Trinajstić information content (AvgIpc) is 3.38. The van der Waals surface area contributed by atoms with Crippen LogP contribution in [0.1, 0.15) is 30.5 Å². The van der Waals surface area contributed by atoms with E-state index in [4.69, 9.17) is 9.72 Å². The van der Waals surface area contributed by atoms with Crippen LogP contribution >= 0.6 is 0 Å². The number of carbonyl (C=O) groups is 1. The molecule has 0 aromatic carbocycles. The second-order valence-corrected chi connectivity index (χ2v) is 8.22. The van der Waals surface area contributed by atoms with Crippen molar-refractivity contribution in [3.8, 4) is 0 Å². The number of hydrogen-bond acceptors (Lipinski definition) is 6. The third kappa shape index (κ3) is 3.33. The third-order valence-electron chi connectivity index (χ3n) is 6.46. The van der Waals surface area contributed by atoms with Crippen molar-refractivity contribution in [1.29, 1.82) is 0 Å². The molecule has 1 unspecified atom stereocenters. The summed E-state index contributed by atoms with van der Waals surface area (Å²) in [5.41, 5.74) is 1.44. The zero-order valence-corrected chi connectivity index (χ0v) is 16.5. The lowest BCUT2D eigenvalue weighted by Gasteiger charge is -2.40. The summed E-state index contributed by atoms with van der Waals surface area (Å²) in [5.74, 6) is 0.706. The Morgan fingerprint density at radius 2 is 2.10 bits per heavy atom. The van der Waals surface area contributed by atoms with Gasteiger partial charge >= 0.3 is 0 Å². The number of hydrogen-bond donors (Lipinski definition) is 1. The maximum absolute atomic E-state index is 12.9. The molecule has 9 nitrogen and oxygen atoms in total. The fourth-order valence-corrected chi connectivity index (χ4v) is 4.94. The van der Waals surface area contributed by atoms with Gasteiger partial charge in [-0.15, -0.1) is 0 Å². The van der Waals surface area contributed by atoms with Crippen LogP contribution in [0.2, 0.25) is 0 Å². The predicted molar refractivity (Wildman–Crippen MR) is 106 cm³/mol. The van der Waals surface area contributed by atoms with Crippen LogP contribution in [0.4, 0.5) is 5.95 Å². The van der Waals surface area contributed by atoms with Crippen LogP contribution < -0.4 is 10.5 Å². The standard InChI is InChI=1S/C20H26N6O3/c27-16(13-26-8-2-6-21-26)25-7-1-4-20(14-25)5-3-15-17(20)22-19(23-18(15)28)24-9-11-29-12-10-24/h2,6,8H,1,3-5,7,9-14H2,(H,22,23,28).